The van der Waals surface area contributed by atoms with Gasteiger partial charge in [-0.25, -0.2) is 10.9 Å². The highest BCUT2D eigenvalue weighted by Gasteiger charge is 2.17. The van der Waals surface area contributed by atoms with E-state index in [0.29, 0.717) is 0 Å². The number of hydrogen-bond donors (Lipinski definition) is 3. The van der Waals surface area contributed by atoms with Gasteiger partial charge in [0.15, 0.2) is 5.50 Å². The number of rotatable bonds is 0. The number of nitrogens with two attached hydrogens (primary N) is 1. The smallest absolute Gasteiger partial charge is 0.277 e. The zero-order valence-corrected chi connectivity index (χ0v) is 5.38. The van der Waals surface area contributed by atoms with E-state index in [0.717, 1.165) is 11.2 Å². The van der Waals surface area contributed by atoms with Crippen LogP contribution < -0.4 is 11.3 Å². The Morgan fingerprint density at radius 2 is 2.67 bits per heavy atom. The van der Waals surface area contributed by atoms with Crippen molar-refractivity contribution in [2.75, 3.05) is 0 Å². The summed E-state index contributed by atoms with van der Waals surface area (Å²) in [5.74, 6) is 4.82. The monoisotopic (exact) mass is 146 g/mol. The zero-order chi connectivity index (χ0) is 6.85. The average Bonchev–Trinajstić information content (AvgIpc) is 1.83. The Morgan fingerprint density at radius 1 is 2.00 bits per heavy atom. The molecule has 9 heavy (non-hydrogen) atoms. The molecule has 0 fully saturated rings. The Labute approximate surface area is 57.3 Å². The highest BCUT2D eigenvalue weighted by atomic mass is 32.1. The van der Waals surface area contributed by atoms with Gasteiger partial charge in [0.1, 0.15) is 6.21 Å². The van der Waals surface area contributed by atoms with E-state index < -0.39 is 5.50 Å². The van der Waals surface area contributed by atoms with Crippen LogP contribution in [-0.2, 0) is 4.79 Å². The lowest BCUT2D eigenvalue weighted by atomic mass is 10.6. The molecule has 3 N–H and O–H groups in total. The Hall–Kier alpha value is -0.750. The molecule has 0 spiro atoms. The molecule has 1 heterocycles. The molecule has 1 atom stereocenters. The van der Waals surface area contributed by atoms with Gasteiger partial charge in [0.25, 0.3) is 5.91 Å². The molecule has 0 aliphatic carbocycles. The van der Waals surface area contributed by atoms with Crippen LogP contribution in [0, 0.1) is 0 Å². The van der Waals surface area contributed by atoms with Crippen molar-refractivity contribution >= 4 is 24.8 Å². The Morgan fingerprint density at radius 3 is 3.11 bits per heavy atom. The van der Waals surface area contributed by atoms with Gasteiger partial charge < -0.3 is 0 Å². The first-order chi connectivity index (χ1) is 4.22. The minimum absolute atomic E-state index is 0.353. The van der Waals surface area contributed by atoms with E-state index in [1.165, 1.54) is 0 Å². The number of nitrogens with zero attached hydrogens (tertiary/aromatic N) is 2. The van der Waals surface area contributed by atoms with Crippen molar-refractivity contribution in [2.45, 2.75) is 5.50 Å². The normalized spacial score (nSPS) is 26.2. The fraction of sp³-hybridized carbons (Fsp3) is 0.333. The first-order valence-electron chi connectivity index (χ1n) is 2.26. The van der Waals surface area contributed by atoms with Gasteiger partial charge in [0, 0.05) is 0 Å². The van der Waals surface area contributed by atoms with Crippen LogP contribution in [0.1, 0.15) is 0 Å². The molecule has 1 rings (SSSR count). The van der Waals surface area contributed by atoms with Crippen molar-refractivity contribution in [3.05, 3.63) is 0 Å². The van der Waals surface area contributed by atoms with Gasteiger partial charge in [-0.1, -0.05) is 0 Å². The summed E-state index contributed by atoms with van der Waals surface area (Å²) in [6.07, 6.45) is 1.09. The maximum Gasteiger partial charge on any atom is 0.283 e. The number of nitrogens with one attached hydrogen (secondary N) is 1. The SMILES string of the molecule is NN1C(=O)C=NNC1S. The van der Waals surface area contributed by atoms with Crippen molar-refractivity contribution in [3.8, 4) is 0 Å². The van der Waals surface area contributed by atoms with Gasteiger partial charge in [-0.05, 0) is 0 Å². The standard InChI is InChI=1S/C3H6N4OS/c4-7-2(8)1-5-6-3(7)9/h1,3,6,9H,4H2. The third-order valence-electron chi connectivity index (χ3n) is 0.883. The summed E-state index contributed by atoms with van der Waals surface area (Å²) < 4.78 is 0. The molecule has 5 nitrogen and oxygen atoms in total. The van der Waals surface area contributed by atoms with Crippen molar-refractivity contribution in [1.82, 2.24) is 10.4 Å². The predicted molar refractivity (Wildman–Crippen MR) is 35.4 cm³/mol. The fourth-order valence-electron chi connectivity index (χ4n) is 0.409. The van der Waals surface area contributed by atoms with E-state index >= 15 is 0 Å². The van der Waals surface area contributed by atoms with Crippen LogP contribution >= 0.6 is 12.6 Å². The highest BCUT2D eigenvalue weighted by Crippen LogP contribution is 1.96. The largest absolute Gasteiger partial charge is 0.283 e. The van der Waals surface area contributed by atoms with Crippen molar-refractivity contribution < 1.29 is 4.79 Å². The summed E-state index contributed by atoms with van der Waals surface area (Å²) in [7, 11) is 0. The maximum atomic E-state index is 10.6. The van der Waals surface area contributed by atoms with E-state index in [-0.39, 0.29) is 5.91 Å². The summed E-state index contributed by atoms with van der Waals surface area (Å²) in [5, 5.41) is 4.41. The molecule has 1 unspecified atom stereocenters. The maximum absolute atomic E-state index is 10.6. The van der Waals surface area contributed by atoms with Crippen LogP contribution in [0.25, 0.3) is 0 Å². The van der Waals surface area contributed by atoms with Crippen molar-refractivity contribution in [1.29, 1.82) is 0 Å². The lowest BCUT2D eigenvalue weighted by Crippen LogP contribution is -2.52. The number of hydrazine groups is 1. The van der Waals surface area contributed by atoms with E-state index in [4.69, 9.17) is 5.84 Å². The molecule has 1 amide bonds. The van der Waals surface area contributed by atoms with Crippen molar-refractivity contribution in [3.63, 3.8) is 0 Å². The molecule has 0 radical (unpaired) electrons. The second-order valence-electron chi connectivity index (χ2n) is 1.51. The molecule has 0 bridgehead atoms. The third-order valence-corrected chi connectivity index (χ3v) is 1.25. The van der Waals surface area contributed by atoms with Crippen LogP contribution in [0.5, 0.6) is 0 Å². The minimum Gasteiger partial charge on any atom is -0.277 e. The molecule has 0 aromatic carbocycles. The van der Waals surface area contributed by atoms with E-state index in [2.05, 4.69) is 23.2 Å². The predicted octanol–water partition coefficient (Wildman–Crippen LogP) is -1.51. The second kappa shape index (κ2) is 2.24. The fourth-order valence-corrected chi connectivity index (χ4v) is 0.589. The molecular formula is C3H6N4OS. The summed E-state index contributed by atoms with van der Waals surface area (Å²) in [4.78, 5) is 10.6. The number of carbonyl (C=O) groups excluding carboxylic acids is 1. The van der Waals surface area contributed by atoms with Gasteiger partial charge in [0.2, 0.25) is 0 Å². The quantitative estimate of drug-likeness (QED) is 0.221. The van der Waals surface area contributed by atoms with E-state index in [1.54, 1.807) is 0 Å². The second-order valence-corrected chi connectivity index (χ2v) is 2.00. The zero-order valence-electron chi connectivity index (χ0n) is 4.48. The molecule has 0 saturated carbocycles. The van der Waals surface area contributed by atoms with E-state index in [9.17, 15) is 4.79 Å². The van der Waals surface area contributed by atoms with Crippen LogP contribution in [0.4, 0.5) is 0 Å². The Balaban J connectivity index is 2.69. The Bertz CT molecular complexity index is 158. The summed E-state index contributed by atoms with van der Waals surface area (Å²) in [6.45, 7) is 0. The molecule has 1 aliphatic heterocycles. The number of hydrazone groups is 1. The molecule has 1 aliphatic rings. The van der Waals surface area contributed by atoms with Crippen LogP contribution in [0.3, 0.4) is 0 Å². The first kappa shape index (κ1) is 6.37. The summed E-state index contributed by atoms with van der Waals surface area (Å²) in [6, 6.07) is 0. The molecule has 50 valence electrons. The molecular weight excluding hydrogens is 140 g/mol. The lowest BCUT2D eigenvalue weighted by Gasteiger charge is -2.23. The Kier molecular flexibility index (Phi) is 1.58. The number of amides is 1. The number of thiol groups is 1. The molecule has 0 aromatic heterocycles. The minimum atomic E-state index is -0.512. The van der Waals surface area contributed by atoms with Crippen LogP contribution in [-0.4, -0.2) is 22.6 Å². The van der Waals surface area contributed by atoms with Crippen LogP contribution in [0.15, 0.2) is 5.10 Å². The topological polar surface area (TPSA) is 70.7 Å². The molecule has 0 saturated heterocycles. The van der Waals surface area contributed by atoms with E-state index in [1.807, 2.05) is 0 Å². The summed E-state index contributed by atoms with van der Waals surface area (Å²) in [5.41, 5.74) is 1.96. The van der Waals surface area contributed by atoms with Gasteiger partial charge >= 0.3 is 0 Å². The summed E-state index contributed by atoms with van der Waals surface area (Å²) >= 11 is 3.87. The van der Waals surface area contributed by atoms with Crippen LogP contribution in [0.2, 0.25) is 0 Å². The average molecular weight is 146 g/mol. The third kappa shape index (κ3) is 1.14. The first-order valence-corrected chi connectivity index (χ1v) is 2.78. The number of carbonyl (C=O) groups is 1. The van der Waals surface area contributed by atoms with Gasteiger partial charge in [-0.2, -0.15) is 5.10 Å². The van der Waals surface area contributed by atoms with Gasteiger partial charge in [0.05, 0.1) is 0 Å². The molecule has 6 heteroatoms. The van der Waals surface area contributed by atoms with Crippen molar-refractivity contribution in [2.24, 2.45) is 10.9 Å². The van der Waals surface area contributed by atoms with Gasteiger partial charge in [-0.15, -0.1) is 12.6 Å². The number of hydrogen-bond acceptors (Lipinski definition) is 5. The molecule has 0 aromatic rings. The lowest BCUT2D eigenvalue weighted by molar-refractivity contribution is -0.125. The van der Waals surface area contributed by atoms with Gasteiger partial charge in [-0.3, -0.25) is 10.2 Å². The highest BCUT2D eigenvalue weighted by molar-refractivity contribution is 7.80.